The fourth-order valence-electron chi connectivity index (χ4n) is 2.72. The number of aromatic nitrogens is 4. The van der Waals surface area contributed by atoms with Gasteiger partial charge in [-0.1, -0.05) is 30.3 Å². The molecule has 0 unspecified atom stereocenters. The molecule has 4 aromatic rings. The Morgan fingerprint density at radius 3 is 2.68 bits per heavy atom. The smallest absolute Gasteiger partial charge is 0.340 e. The van der Waals surface area contributed by atoms with Crippen LogP contribution >= 0.6 is 0 Å². The van der Waals surface area contributed by atoms with Gasteiger partial charge in [0.05, 0.1) is 12.7 Å². The number of rotatable bonds is 4. The maximum Gasteiger partial charge on any atom is 0.340 e. The second kappa shape index (κ2) is 7.28. The first-order chi connectivity index (χ1) is 13.7. The Morgan fingerprint density at radius 2 is 1.89 bits per heavy atom. The van der Waals surface area contributed by atoms with Crippen LogP contribution in [0.25, 0.3) is 17.0 Å². The van der Waals surface area contributed by atoms with Crippen molar-refractivity contribution in [2.45, 2.75) is 0 Å². The zero-order valence-corrected chi connectivity index (χ0v) is 14.9. The first kappa shape index (κ1) is 17.3. The van der Waals surface area contributed by atoms with Gasteiger partial charge >= 0.3 is 5.97 Å². The molecule has 3 heterocycles. The van der Waals surface area contributed by atoms with Crippen molar-refractivity contribution in [2.24, 2.45) is 0 Å². The molecule has 138 valence electrons. The molecule has 0 aliphatic carbocycles. The lowest BCUT2D eigenvalue weighted by Gasteiger charge is -2.08. The molecule has 8 heteroatoms. The molecule has 8 nitrogen and oxygen atoms in total. The van der Waals surface area contributed by atoms with Gasteiger partial charge in [-0.25, -0.2) is 14.3 Å². The van der Waals surface area contributed by atoms with Crippen LogP contribution in [0.1, 0.15) is 20.8 Å². The molecular weight excluding hydrogens is 358 g/mol. The van der Waals surface area contributed by atoms with E-state index in [1.54, 1.807) is 28.9 Å². The Hall–Kier alpha value is -4.07. The number of pyridine rings is 2. The fraction of sp³-hybridized carbons (Fsp3) is 0.0500. The van der Waals surface area contributed by atoms with E-state index in [0.29, 0.717) is 17.2 Å². The standard InChI is InChI=1S/C20H15N5O3/c1-28-20(27)15-8-5-10-21-17(15)19(26)22-14-9-11-25-16(12-14)23-18(24-25)13-6-3-2-4-7-13/h2-12H,1H3,(H,22,26). The maximum absolute atomic E-state index is 12.6. The summed E-state index contributed by atoms with van der Waals surface area (Å²) in [5.41, 5.74) is 2.06. The molecule has 0 aliphatic rings. The van der Waals surface area contributed by atoms with E-state index in [1.807, 2.05) is 30.3 Å². The van der Waals surface area contributed by atoms with Crippen molar-refractivity contribution in [3.05, 3.63) is 78.2 Å². The summed E-state index contributed by atoms with van der Waals surface area (Å²) in [6, 6.07) is 16.0. The molecule has 0 aliphatic heterocycles. The molecule has 3 aromatic heterocycles. The van der Waals surface area contributed by atoms with Crippen LogP contribution in [0.15, 0.2) is 67.0 Å². The van der Waals surface area contributed by atoms with E-state index in [2.05, 4.69) is 20.4 Å². The van der Waals surface area contributed by atoms with Crippen molar-refractivity contribution in [2.75, 3.05) is 12.4 Å². The topological polar surface area (TPSA) is 98.5 Å². The van der Waals surface area contributed by atoms with E-state index < -0.39 is 11.9 Å². The molecule has 0 saturated carbocycles. The van der Waals surface area contributed by atoms with Gasteiger partial charge in [-0.15, -0.1) is 5.10 Å². The quantitative estimate of drug-likeness (QED) is 0.552. The number of carbonyl (C=O) groups excluding carboxylic acids is 2. The summed E-state index contributed by atoms with van der Waals surface area (Å²) in [7, 11) is 1.25. The van der Waals surface area contributed by atoms with E-state index in [4.69, 9.17) is 4.74 Å². The minimum atomic E-state index is -0.626. The van der Waals surface area contributed by atoms with Crippen molar-refractivity contribution < 1.29 is 14.3 Å². The van der Waals surface area contributed by atoms with Crippen LogP contribution < -0.4 is 5.32 Å². The van der Waals surface area contributed by atoms with Gasteiger partial charge in [0.1, 0.15) is 5.69 Å². The number of carbonyl (C=O) groups is 2. The van der Waals surface area contributed by atoms with Crippen molar-refractivity contribution in [1.82, 2.24) is 19.6 Å². The van der Waals surface area contributed by atoms with E-state index in [-0.39, 0.29) is 11.3 Å². The Labute approximate surface area is 159 Å². The predicted octanol–water partition coefficient (Wildman–Crippen LogP) is 2.83. The Morgan fingerprint density at radius 1 is 1.07 bits per heavy atom. The third-order valence-corrected chi connectivity index (χ3v) is 4.06. The summed E-state index contributed by atoms with van der Waals surface area (Å²) in [5, 5.41) is 7.16. The van der Waals surface area contributed by atoms with Crippen molar-refractivity contribution in [3.8, 4) is 11.4 Å². The second-order valence-electron chi connectivity index (χ2n) is 5.86. The van der Waals surface area contributed by atoms with Gasteiger partial charge in [0, 0.05) is 29.7 Å². The molecule has 1 N–H and O–H groups in total. The minimum absolute atomic E-state index is 0.0133. The van der Waals surface area contributed by atoms with Crippen molar-refractivity contribution in [1.29, 1.82) is 0 Å². The number of esters is 1. The number of hydrogen-bond donors (Lipinski definition) is 1. The molecule has 28 heavy (non-hydrogen) atoms. The number of ether oxygens (including phenoxy) is 1. The summed E-state index contributed by atoms with van der Waals surface area (Å²) in [5.74, 6) is -0.561. The van der Waals surface area contributed by atoms with Crippen LogP contribution in [0.2, 0.25) is 0 Å². The number of nitrogens with one attached hydrogen (secondary N) is 1. The molecule has 0 fully saturated rings. The highest BCUT2D eigenvalue weighted by Gasteiger charge is 2.19. The largest absolute Gasteiger partial charge is 0.465 e. The molecule has 0 atom stereocenters. The molecule has 0 spiro atoms. The van der Waals surface area contributed by atoms with Gasteiger partial charge in [0.15, 0.2) is 11.5 Å². The zero-order chi connectivity index (χ0) is 19.5. The van der Waals surface area contributed by atoms with Crippen LogP contribution in [0.4, 0.5) is 5.69 Å². The van der Waals surface area contributed by atoms with Crippen molar-refractivity contribution >= 4 is 23.2 Å². The maximum atomic E-state index is 12.6. The normalized spacial score (nSPS) is 10.6. The number of benzene rings is 1. The summed E-state index contributed by atoms with van der Waals surface area (Å²) in [4.78, 5) is 32.9. The second-order valence-corrected chi connectivity index (χ2v) is 5.86. The first-order valence-electron chi connectivity index (χ1n) is 8.42. The highest BCUT2D eigenvalue weighted by atomic mass is 16.5. The number of hydrogen-bond acceptors (Lipinski definition) is 6. The van der Waals surface area contributed by atoms with E-state index in [9.17, 15) is 9.59 Å². The molecule has 4 rings (SSSR count). The van der Waals surface area contributed by atoms with Gasteiger partial charge in [-0.3, -0.25) is 9.78 Å². The summed E-state index contributed by atoms with van der Waals surface area (Å²) < 4.78 is 6.32. The fourth-order valence-corrected chi connectivity index (χ4v) is 2.72. The summed E-state index contributed by atoms with van der Waals surface area (Å²) >= 11 is 0. The average molecular weight is 373 g/mol. The number of methoxy groups -OCH3 is 1. The molecule has 1 aromatic carbocycles. The molecule has 0 radical (unpaired) electrons. The predicted molar refractivity (Wildman–Crippen MR) is 102 cm³/mol. The highest BCUT2D eigenvalue weighted by molar-refractivity contribution is 6.09. The molecule has 0 bridgehead atoms. The van der Waals surface area contributed by atoms with E-state index >= 15 is 0 Å². The van der Waals surface area contributed by atoms with Crippen LogP contribution in [0, 0.1) is 0 Å². The summed E-state index contributed by atoms with van der Waals surface area (Å²) in [6.07, 6.45) is 3.14. The van der Waals surface area contributed by atoms with Gasteiger partial charge in [0.2, 0.25) is 0 Å². The SMILES string of the molecule is COC(=O)c1cccnc1C(=O)Nc1ccn2nc(-c3ccccc3)nc2c1. The van der Waals surface area contributed by atoms with Gasteiger partial charge < -0.3 is 10.1 Å². The van der Waals surface area contributed by atoms with Crippen LogP contribution in [0.3, 0.4) is 0 Å². The third-order valence-electron chi connectivity index (χ3n) is 4.06. The highest BCUT2D eigenvalue weighted by Crippen LogP contribution is 2.18. The van der Waals surface area contributed by atoms with Crippen LogP contribution in [-0.4, -0.2) is 38.6 Å². The van der Waals surface area contributed by atoms with Gasteiger partial charge in [-0.05, 0) is 18.2 Å². The zero-order valence-electron chi connectivity index (χ0n) is 14.9. The van der Waals surface area contributed by atoms with E-state index in [1.165, 1.54) is 19.4 Å². The molecule has 0 saturated heterocycles. The monoisotopic (exact) mass is 373 g/mol. The molecule has 1 amide bonds. The Bertz CT molecular complexity index is 1170. The third kappa shape index (κ3) is 3.30. The van der Waals surface area contributed by atoms with Gasteiger partial charge in [0.25, 0.3) is 5.91 Å². The lowest BCUT2D eigenvalue weighted by atomic mass is 10.2. The van der Waals surface area contributed by atoms with Crippen LogP contribution in [0.5, 0.6) is 0 Å². The summed E-state index contributed by atoms with van der Waals surface area (Å²) in [6.45, 7) is 0. The van der Waals surface area contributed by atoms with Crippen LogP contribution in [-0.2, 0) is 4.74 Å². The number of anilines is 1. The average Bonchev–Trinajstić information content (AvgIpc) is 3.17. The minimum Gasteiger partial charge on any atom is -0.465 e. The Kier molecular flexibility index (Phi) is 4.51. The number of nitrogens with zero attached hydrogens (tertiary/aromatic N) is 4. The Balaban J connectivity index is 1.62. The van der Waals surface area contributed by atoms with E-state index in [0.717, 1.165) is 5.56 Å². The lowest BCUT2D eigenvalue weighted by molar-refractivity contribution is 0.0596. The molecular formula is C20H15N5O3. The van der Waals surface area contributed by atoms with Crippen molar-refractivity contribution in [3.63, 3.8) is 0 Å². The van der Waals surface area contributed by atoms with Gasteiger partial charge in [-0.2, -0.15) is 0 Å². The number of fused-ring (bicyclic) bond motifs is 1. The number of amides is 1. The lowest BCUT2D eigenvalue weighted by Crippen LogP contribution is -2.19. The first-order valence-corrected chi connectivity index (χ1v) is 8.42.